The van der Waals surface area contributed by atoms with E-state index in [1.54, 1.807) is 30.0 Å². The lowest BCUT2D eigenvalue weighted by atomic mass is 10.2. The molecule has 1 unspecified atom stereocenters. The van der Waals surface area contributed by atoms with Crippen LogP contribution in [-0.2, 0) is 6.42 Å². The number of benzene rings is 1. The van der Waals surface area contributed by atoms with Crippen molar-refractivity contribution in [3.63, 3.8) is 0 Å². The van der Waals surface area contributed by atoms with Crippen molar-refractivity contribution in [2.75, 3.05) is 12.0 Å². The van der Waals surface area contributed by atoms with E-state index < -0.39 is 5.97 Å². The van der Waals surface area contributed by atoms with E-state index in [-0.39, 0.29) is 0 Å². The highest BCUT2D eigenvalue weighted by atomic mass is 32.2. The number of fused-ring (bicyclic) bond motifs is 1. The summed E-state index contributed by atoms with van der Waals surface area (Å²) in [5.74, 6) is 1.14. The lowest BCUT2D eigenvalue weighted by Gasteiger charge is -2.16. The summed E-state index contributed by atoms with van der Waals surface area (Å²) in [5, 5.41) is 9.15. The summed E-state index contributed by atoms with van der Waals surface area (Å²) < 4.78 is 2.20. The Morgan fingerprint density at radius 1 is 1.50 bits per heavy atom. The second-order valence-corrected chi connectivity index (χ2v) is 5.87. The molecule has 0 aliphatic carbocycles. The quantitative estimate of drug-likeness (QED) is 0.883. The minimum Gasteiger partial charge on any atom is -0.478 e. The minimum atomic E-state index is -0.894. The number of aromatic nitrogens is 2. The Morgan fingerprint density at radius 2 is 2.25 bits per heavy atom. The summed E-state index contributed by atoms with van der Waals surface area (Å²) in [6.07, 6.45) is 4.02. The van der Waals surface area contributed by atoms with Gasteiger partial charge in [-0.15, -0.1) is 0 Å². The number of imidazole rings is 1. The van der Waals surface area contributed by atoms with Gasteiger partial charge in [0.1, 0.15) is 5.82 Å². The predicted molar refractivity (Wildman–Crippen MR) is 83.8 cm³/mol. The third-order valence-corrected chi connectivity index (χ3v) is 4.15. The number of nitrogens with zero attached hydrogens (tertiary/aromatic N) is 2. The highest BCUT2D eigenvalue weighted by molar-refractivity contribution is 7.98. The maximum atomic E-state index is 11.2. The van der Waals surface area contributed by atoms with Gasteiger partial charge in [0.25, 0.3) is 0 Å². The first-order chi connectivity index (χ1) is 9.58. The smallest absolute Gasteiger partial charge is 0.335 e. The molecule has 0 spiro atoms. The summed E-state index contributed by atoms with van der Waals surface area (Å²) >= 11 is 1.79. The first kappa shape index (κ1) is 14.9. The largest absolute Gasteiger partial charge is 0.478 e. The maximum absolute atomic E-state index is 11.2. The fraction of sp³-hybridized carbons (Fsp3) is 0.467. The molecule has 0 aliphatic heterocycles. The van der Waals surface area contributed by atoms with Gasteiger partial charge in [0.2, 0.25) is 0 Å². The van der Waals surface area contributed by atoms with Gasteiger partial charge in [0.05, 0.1) is 16.6 Å². The van der Waals surface area contributed by atoms with Crippen molar-refractivity contribution in [1.82, 2.24) is 9.55 Å². The topological polar surface area (TPSA) is 55.1 Å². The van der Waals surface area contributed by atoms with Gasteiger partial charge in [-0.05, 0) is 37.8 Å². The first-order valence-corrected chi connectivity index (χ1v) is 8.21. The van der Waals surface area contributed by atoms with Gasteiger partial charge in [-0.25, -0.2) is 9.78 Å². The molecule has 0 saturated heterocycles. The predicted octanol–water partition coefficient (Wildman–Crippen LogP) is 3.61. The summed E-state index contributed by atoms with van der Waals surface area (Å²) in [4.78, 5) is 15.8. The van der Waals surface area contributed by atoms with Crippen LogP contribution in [0.2, 0.25) is 0 Å². The highest BCUT2D eigenvalue weighted by Crippen LogP contribution is 2.25. The molecule has 5 heteroatoms. The Balaban J connectivity index is 2.60. The van der Waals surface area contributed by atoms with E-state index in [9.17, 15) is 4.79 Å². The molecule has 108 valence electrons. The molecule has 1 aromatic carbocycles. The maximum Gasteiger partial charge on any atom is 0.335 e. The Bertz CT molecular complexity index is 622. The van der Waals surface area contributed by atoms with E-state index in [0.717, 1.165) is 35.5 Å². The van der Waals surface area contributed by atoms with Crippen molar-refractivity contribution < 1.29 is 9.90 Å². The number of rotatable bonds is 6. The van der Waals surface area contributed by atoms with Gasteiger partial charge in [-0.1, -0.05) is 6.92 Å². The Hall–Kier alpha value is -1.49. The third kappa shape index (κ3) is 2.82. The van der Waals surface area contributed by atoms with Gasteiger partial charge in [-0.2, -0.15) is 11.8 Å². The molecule has 2 rings (SSSR count). The van der Waals surface area contributed by atoms with Crippen LogP contribution in [0.4, 0.5) is 0 Å². The standard InChI is InChI=1S/C15H20N2O2S/c1-4-5-14-16-12-7-6-11(15(18)19)8-13(12)17(14)10(2)9-20-3/h6-8,10H,4-5,9H2,1-3H3,(H,18,19). The van der Waals surface area contributed by atoms with E-state index in [0.29, 0.717) is 11.6 Å². The number of hydrogen-bond donors (Lipinski definition) is 1. The van der Waals surface area contributed by atoms with Gasteiger partial charge in [0, 0.05) is 18.2 Å². The van der Waals surface area contributed by atoms with E-state index in [4.69, 9.17) is 5.11 Å². The molecule has 0 fully saturated rings. The average molecular weight is 292 g/mol. The molecule has 0 saturated carbocycles. The molecule has 4 nitrogen and oxygen atoms in total. The second kappa shape index (κ2) is 6.31. The third-order valence-electron chi connectivity index (χ3n) is 3.33. The second-order valence-electron chi connectivity index (χ2n) is 4.96. The van der Waals surface area contributed by atoms with Crippen LogP contribution >= 0.6 is 11.8 Å². The van der Waals surface area contributed by atoms with Crippen LogP contribution in [0.3, 0.4) is 0 Å². The van der Waals surface area contributed by atoms with Gasteiger partial charge in [0.15, 0.2) is 0 Å². The monoisotopic (exact) mass is 292 g/mol. The Labute approximate surface area is 123 Å². The number of hydrogen-bond acceptors (Lipinski definition) is 3. The van der Waals surface area contributed by atoms with Crippen molar-refractivity contribution in [3.8, 4) is 0 Å². The normalized spacial score (nSPS) is 12.8. The summed E-state index contributed by atoms with van der Waals surface area (Å²) in [6, 6.07) is 5.47. The van der Waals surface area contributed by atoms with Crippen LogP contribution < -0.4 is 0 Å². The van der Waals surface area contributed by atoms with Crippen LogP contribution in [0.25, 0.3) is 11.0 Å². The van der Waals surface area contributed by atoms with E-state index >= 15 is 0 Å². The number of aryl methyl sites for hydroxylation is 1. The van der Waals surface area contributed by atoms with E-state index in [1.165, 1.54) is 0 Å². The Morgan fingerprint density at radius 3 is 2.85 bits per heavy atom. The number of carboxylic acid groups (broad SMARTS) is 1. The molecular weight excluding hydrogens is 272 g/mol. The number of carboxylic acids is 1. The zero-order chi connectivity index (χ0) is 14.7. The van der Waals surface area contributed by atoms with Crippen LogP contribution in [0.15, 0.2) is 18.2 Å². The molecule has 0 radical (unpaired) electrons. The average Bonchev–Trinajstić information content (AvgIpc) is 2.76. The van der Waals surface area contributed by atoms with Gasteiger partial charge < -0.3 is 9.67 Å². The molecule has 1 N–H and O–H groups in total. The van der Waals surface area contributed by atoms with Crippen molar-refractivity contribution in [2.24, 2.45) is 0 Å². The van der Waals surface area contributed by atoms with Crippen molar-refractivity contribution in [1.29, 1.82) is 0 Å². The van der Waals surface area contributed by atoms with Crippen LogP contribution in [-0.4, -0.2) is 32.6 Å². The number of aromatic carboxylic acids is 1. The SMILES string of the molecule is CCCc1nc2ccc(C(=O)O)cc2n1C(C)CSC. The lowest BCUT2D eigenvalue weighted by Crippen LogP contribution is -2.11. The summed E-state index contributed by atoms with van der Waals surface area (Å²) in [7, 11) is 0. The number of carbonyl (C=O) groups is 1. The molecular formula is C15H20N2O2S. The Kier molecular flexibility index (Phi) is 4.70. The minimum absolute atomic E-state index is 0.306. The fourth-order valence-electron chi connectivity index (χ4n) is 2.48. The molecule has 1 atom stereocenters. The number of thioether (sulfide) groups is 1. The van der Waals surface area contributed by atoms with Crippen molar-refractivity contribution in [3.05, 3.63) is 29.6 Å². The van der Waals surface area contributed by atoms with Crippen LogP contribution in [0.1, 0.15) is 42.5 Å². The lowest BCUT2D eigenvalue weighted by molar-refractivity contribution is 0.0697. The van der Waals surface area contributed by atoms with Gasteiger partial charge >= 0.3 is 5.97 Å². The van der Waals surface area contributed by atoms with E-state index in [2.05, 4.69) is 29.7 Å². The molecule has 2 aromatic rings. The zero-order valence-electron chi connectivity index (χ0n) is 12.1. The molecule has 0 aliphatic rings. The molecule has 0 amide bonds. The fourth-order valence-corrected chi connectivity index (χ4v) is 3.11. The van der Waals surface area contributed by atoms with Crippen LogP contribution in [0.5, 0.6) is 0 Å². The molecule has 20 heavy (non-hydrogen) atoms. The first-order valence-electron chi connectivity index (χ1n) is 6.81. The van der Waals surface area contributed by atoms with Crippen molar-refractivity contribution in [2.45, 2.75) is 32.7 Å². The zero-order valence-corrected chi connectivity index (χ0v) is 12.9. The molecule has 1 heterocycles. The molecule has 0 bridgehead atoms. The van der Waals surface area contributed by atoms with Crippen molar-refractivity contribution >= 4 is 28.8 Å². The van der Waals surface area contributed by atoms with Crippen LogP contribution in [0, 0.1) is 0 Å². The summed E-state index contributed by atoms with van der Waals surface area (Å²) in [6.45, 7) is 4.29. The summed E-state index contributed by atoms with van der Waals surface area (Å²) in [5.41, 5.74) is 2.12. The highest BCUT2D eigenvalue weighted by Gasteiger charge is 2.16. The van der Waals surface area contributed by atoms with Gasteiger partial charge in [-0.3, -0.25) is 0 Å². The van der Waals surface area contributed by atoms with E-state index in [1.807, 2.05) is 0 Å². The molecule has 1 aromatic heterocycles.